The number of rotatable bonds is 8. The Kier molecular flexibility index (Phi) is 7.14. The number of hydrogen-bond donors (Lipinski definition) is 4. The molecule has 0 aliphatic rings. The number of aliphatic carboxylic acids is 1. The number of halogens is 1. The molecule has 9 nitrogen and oxygen atoms in total. The van der Waals surface area contributed by atoms with Gasteiger partial charge < -0.3 is 15.3 Å². The first-order valence-corrected chi connectivity index (χ1v) is 9.53. The van der Waals surface area contributed by atoms with Crippen LogP contribution in [0.25, 0.3) is 11.1 Å². The maximum Gasteiger partial charge on any atom is 0.333 e. The van der Waals surface area contributed by atoms with Crippen LogP contribution in [0.3, 0.4) is 0 Å². The van der Waals surface area contributed by atoms with E-state index in [1.165, 1.54) is 17.3 Å². The zero-order chi connectivity index (χ0) is 22.4. The average Bonchev–Trinajstić information content (AvgIpc) is 2.74. The Morgan fingerprint density at radius 1 is 1.10 bits per heavy atom. The number of aromatic hydroxyl groups is 1. The van der Waals surface area contributed by atoms with E-state index in [2.05, 4.69) is 15.4 Å². The van der Waals surface area contributed by atoms with E-state index in [4.69, 9.17) is 16.7 Å². The van der Waals surface area contributed by atoms with E-state index in [1.807, 2.05) is 42.5 Å². The van der Waals surface area contributed by atoms with Crippen LogP contribution in [0, 0.1) is 0 Å². The minimum absolute atomic E-state index is 0.112. The van der Waals surface area contributed by atoms with Crippen LogP contribution in [0.1, 0.15) is 16.1 Å². The standard InChI is InChI=1S/C21H19ClN4O5/c22-16-3-1-2-15(10-16)14-6-4-13(5-7-14)11-26(12-18(27)20(29)30)25-19(28)17-8-9-23-21(31)24-17/h1-10,18,27H,11-12H2,(H,25,28)(H,29,30)(H,23,24,31)/t18-/m1/s1. The van der Waals surface area contributed by atoms with E-state index in [0.717, 1.165) is 16.7 Å². The third-order valence-electron chi connectivity index (χ3n) is 4.30. The lowest BCUT2D eigenvalue weighted by Crippen LogP contribution is -2.47. The highest BCUT2D eigenvalue weighted by Crippen LogP contribution is 2.23. The normalized spacial score (nSPS) is 11.8. The molecule has 4 N–H and O–H groups in total. The first-order valence-electron chi connectivity index (χ1n) is 9.15. The number of hydrazine groups is 1. The molecule has 1 atom stereocenters. The SMILES string of the molecule is O=C(NN(Cc1ccc(-c2cccc(Cl)c2)cc1)C[C@@H](O)C(=O)O)c1ccnc(O)n1. The molecule has 0 spiro atoms. The van der Waals surface area contributed by atoms with E-state index < -0.39 is 24.0 Å². The van der Waals surface area contributed by atoms with Gasteiger partial charge in [-0.15, -0.1) is 0 Å². The molecule has 1 aromatic heterocycles. The van der Waals surface area contributed by atoms with Crippen molar-refractivity contribution < 1.29 is 24.9 Å². The van der Waals surface area contributed by atoms with Gasteiger partial charge in [0.2, 0.25) is 0 Å². The van der Waals surface area contributed by atoms with Gasteiger partial charge in [-0.2, -0.15) is 4.98 Å². The Morgan fingerprint density at radius 2 is 1.84 bits per heavy atom. The van der Waals surface area contributed by atoms with Crippen LogP contribution in [0.15, 0.2) is 60.8 Å². The van der Waals surface area contributed by atoms with Gasteiger partial charge in [-0.25, -0.2) is 14.8 Å². The molecule has 0 aliphatic carbocycles. The van der Waals surface area contributed by atoms with Crippen molar-refractivity contribution in [1.82, 2.24) is 20.4 Å². The number of aliphatic hydroxyl groups excluding tert-OH is 1. The number of nitrogens with zero attached hydrogens (tertiary/aromatic N) is 3. The zero-order valence-electron chi connectivity index (χ0n) is 16.1. The Bertz CT molecular complexity index is 1080. The second-order valence-corrected chi connectivity index (χ2v) is 7.06. The summed E-state index contributed by atoms with van der Waals surface area (Å²) in [5.74, 6) is -2.11. The molecule has 0 fully saturated rings. The number of carboxylic acid groups (broad SMARTS) is 1. The van der Waals surface area contributed by atoms with E-state index >= 15 is 0 Å². The van der Waals surface area contributed by atoms with Gasteiger partial charge in [0.1, 0.15) is 5.69 Å². The van der Waals surface area contributed by atoms with Crippen molar-refractivity contribution in [3.63, 3.8) is 0 Å². The van der Waals surface area contributed by atoms with Gasteiger partial charge in [0, 0.05) is 17.8 Å². The molecule has 0 saturated heterocycles. The Hall–Kier alpha value is -3.53. The summed E-state index contributed by atoms with van der Waals surface area (Å²) < 4.78 is 0. The molecular weight excluding hydrogens is 424 g/mol. The largest absolute Gasteiger partial charge is 0.479 e. The molecule has 3 aromatic rings. The van der Waals surface area contributed by atoms with Crippen LogP contribution in [0.4, 0.5) is 0 Å². The van der Waals surface area contributed by atoms with Gasteiger partial charge in [-0.3, -0.25) is 10.2 Å². The molecular formula is C21H19ClN4O5. The van der Waals surface area contributed by atoms with Crippen molar-refractivity contribution in [2.75, 3.05) is 6.54 Å². The minimum atomic E-state index is -1.72. The van der Waals surface area contributed by atoms with Gasteiger partial charge in [0.25, 0.3) is 5.91 Å². The summed E-state index contributed by atoms with van der Waals surface area (Å²) in [7, 11) is 0. The Morgan fingerprint density at radius 3 is 2.48 bits per heavy atom. The van der Waals surface area contributed by atoms with Gasteiger partial charge in [0.15, 0.2) is 6.10 Å². The second-order valence-electron chi connectivity index (χ2n) is 6.62. The van der Waals surface area contributed by atoms with Crippen molar-refractivity contribution in [3.05, 3.63) is 77.1 Å². The zero-order valence-corrected chi connectivity index (χ0v) is 16.9. The van der Waals surface area contributed by atoms with Crippen LogP contribution < -0.4 is 5.43 Å². The monoisotopic (exact) mass is 442 g/mol. The fraction of sp³-hybridized carbons (Fsp3) is 0.143. The van der Waals surface area contributed by atoms with Crippen LogP contribution in [0.5, 0.6) is 6.01 Å². The van der Waals surface area contributed by atoms with Gasteiger partial charge >= 0.3 is 12.0 Å². The van der Waals surface area contributed by atoms with E-state index in [-0.39, 0.29) is 18.8 Å². The number of nitrogens with one attached hydrogen (secondary N) is 1. The number of carbonyl (C=O) groups excluding carboxylic acids is 1. The van der Waals surface area contributed by atoms with Gasteiger partial charge in [-0.1, -0.05) is 48.0 Å². The molecule has 0 aliphatic heterocycles. The fourth-order valence-electron chi connectivity index (χ4n) is 2.80. The molecule has 1 heterocycles. The predicted octanol–water partition coefficient (Wildman–Crippen LogP) is 2.10. The summed E-state index contributed by atoms with van der Waals surface area (Å²) in [6.07, 6.45) is -0.507. The summed E-state index contributed by atoms with van der Waals surface area (Å²) in [6, 6.07) is 15.5. The highest BCUT2D eigenvalue weighted by Gasteiger charge is 2.21. The van der Waals surface area contributed by atoms with Crippen molar-refractivity contribution in [1.29, 1.82) is 0 Å². The first kappa shape index (κ1) is 22.2. The topological polar surface area (TPSA) is 136 Å². The van der Waals surface area contributed by atoms with Crippen molar-refractivity contribution in [3.8, 4) is 17.1 Å². The number of aliphatic hydroxyl groups is 1. The summed E-state index contributed by atoms with van der Waals surface area (Å²) in [5, 5.41) is 30.0. The average molecular weight is 443 g/mol. The summed E-state index contributed by atoms with van der Waals surface area (Å²) in [6.45, 7) is -0.253. The molecule has 2 aromatic carbocycles. The summed E-state index contributed by atoms with van der Waals surface area (Å²) in [4.78, 5) is 30.6. The number of amides is 1. The lowest BCUT2D eigenvalue weighted by Gasteiger charge is -2.24. The third kappa shape index (κ3) is 6.22. The van der Waals surface area contributed by atoms with Crippen molar-refractivity contribution in [2.45, 2.75) is 12.6 Å². The quantitative estimate of drug-likeness (QED) is 0.389. The Labute approximate surface area is 182 Å². The molecule has 0 radical (unpaired) electrons. The number of carbonyl (C=O) groups is 2. The number of aromatic nitrogens is 2. The second kappa shape index (κ2) is 9.98. The maximum atomic E-state index is 12.4. The van der Waals surface area contributed by atoms with Crippen molar-refractivity contribution >= 4 is 23.5 Å². The van der Waals surface area contributed by atoms with E-state index in [1.54, 1.807) is 6.07 Å². The summed E-state index contributed by atoms with van der Waals surface area (Å²) >= 11 is 6.03. The van der Waals surface area contributed by atoms with Crippen LogP contribution in [-0.4, -0.2) is 54.8 Å². The first-order chi connectivity index (χ1) is 14.8. The smallest absolute Gasteiger partial charge is 0.333 e. The molecule has 1 amide bonds. The maximum absolute atomic E-state index is 12.4. The molecule has 0 saturated carbocycles. The lowest BCUT2D eigenvalue weighted by molar-refractivity contribution is -0.148. The third-order valence-corrected chi connectivity index (χ3v) is 4.53. The van der Waals surface area contributed by atoms with E-state index in [9.17, 15) is 19.8 Å². The molecule has 10 heteroatoms. The number of benzene rings is 2. The minimum Gasteiger partial charge on any atom is -0.479 e. The van der Waals surface area contributed by atoms with Crippen molar-refractivity contribution in [2.24, 2.45) is 0 Å². The molecule has 3 rings (SSSR count). The molecule has 31 heavy (non-hydrogen) atoms. The fourth-order valence-corrected chi connectivity index (χ4v) is 2.99. The van der Waals surface area contributed by atoms with Crippen LogP contribution in [0.2, 0.25) is 5.02 Å². The van der Waals surface area contributed by atoms with Crippen LogP contribution in [-0.2, 0) is 11.3 Å². The highest BCUT2D eigenvalue weighted by molar-refractivity contribution is 6.30. The van der Waals surface area contributed by atoms with Gasteiger partial charge in [0.05, 0.1) is 6.54 Å². The molecule has 0 unspecified atom stereocenters. The molecule has 0 bridgehead atoms. The molecule has 160 valence electrons. The Balaban J connectivity index is 1.76. The lowest BCUT2D eigenvalue weighted by atomic mass is 10.0. The summed E-state index contributed by atoms with van der Waals surface area (Å²) in [5.41, 5.74) is 5.02. The predicted molar refractivity (Wildman–Crippen MR) is 112 cm³/mol. The van der Waals surface area contributed by atoms with E-state index in [0.29, 0.717) is 5.02 Å². The van der Waals surface area contributed by atoms with Crippen LogP contribution >= 0.6 is 11.6 Å². The number of carboxylic acids is 1. The van der Waals surface area contributed by atoms with Gasteiger partial charge in [-0.05, 0) is 34.9 Å². The number of hydrogen-bond acceptors (Lipinski definition) is 7. The highest BCUT2D eigenvalue weighted by atomic mass is 35.5.